The molecule has 0 radical (unpaired) electrons. The number of nitrogens with one attached hydrogen (secondary N) is 1. The Kier molecular flexibility index (Phi) is 6.05. The van der Waals surface area contributed by atoms with E-state index in [4.69, 9.17) is 0 Å². The van der Waals surface area contributed by atoms with Crippen LogP contribution in [0.1, 0.15) is 25.8 Å². The zero-order chi connectivity index (χ0) is 13.7. The van der Waals surface area contributed by atoms with Gasteiger partial charge in [-0.2, -0.15) is 11.8 Å². The molecule has 2 nitrogen and oxygen atoms in total. The number of nitrogens with zero attached hydrogens (tertiary/aromatic N) is 1. The van der Waals surface area contributed by atoms with Crippen LogP contribution >= 0.6 is 27.7 Å². The summed E-state index contributed by atoms with van der Waals surface area (Å²) in [7, 11) is 0. The molecule has 0 amide bonds. The van der Waals surface area contributed by atoms with Crippen molar-refractivity contribution in [1.82, 2.24) is 5.32 Å². The Labute approximate surface area is 129 Å². The highest BCUT2D eigenvalue weighted by Gasteiger charge is 2.21. The molecule has 1 saturated heterocycles. The molecule has 1 N–H and O–H groups in total. The SMILES string of the molecule is CCCNCc1cc(Br)ccc1N1CCSCC1C. The monoisotopic (exact) mass is 342 g/mol. The molecule has 0 aromatic heterocycles. The molecule has 0 saturated carbocycles. The average molecular weight is 343 g/mol. The molecule has 1 atom stereocenters. The van der Waals surface area contributed by atoms with E-state index < -0.39 is 0 Å². The van der Waals surface area contributed by atoms with E-state index in [1.54, 1.807) is 0 Å². The first kappa shape index (κ1) is 15.2. The molecule has 19 heavy (non-hydrogen) atoms. The van der Waals surface area contributed by atoms with Crippen LogP contribution in [0.15, 0.2) is 22.7 Å². The maximum absolute atomic E-state index is 3.59. The molecular weight excluding hydrogens is 320 g/mol. The van der Waals surface area contributed by atoms with Crippen molar-refractivity contribution in [2.45, 2.75) is 32.9 Å². The highest BCUT2D eigenvalue weighted by atomic mass is 79.9. The minimum Gasteiger partial charge on any atom is -0.367 e. The summed E-state index contributed by atoms with van der Waals surface area (Å²) in [6, 6.07) is 7.31. The number of rotatable bonds is 5. The normalized spacial score (nSPS) is 19.7. The second-order valence-corrected chi connectivity index (χ2v) is 7.13. The van der Waals surface area contributed by atoms with Gasteiger partial charge in [-0.15, -0.1) is 0 Å². The van der Waals surface area contributed by atoms with Crippen LogP contribution in [0.3, 0.4) is 0 Å². The van der Waals surface area contributed by atoms with Crippen molar-refractivity contribution in [3.05, 3.63) is 28.2 Å². The first-order valence-corrected chi connectivity index (χ1v) is 9.00. The first-order valence-electron chi connectivity index (χ1n) is 7.06. The van der Waals surface area contributed by atoms with E-state index in [2.05, 4.69) is 70.0 Å². The molecule has 1 fully saturated rings. The van der Waals surface area contributed by atoms with E-state index in [9.17, 15) is 0 Å². The molecule has 2 rings (SSSR count). The van der Waals surface area contributed by atoms with Crippen molar-refractivity contribution in [2.75, 3.05) is 29.5 Å². The zero-order valence-electron chi connectivity index (χ0n) is 11.8. The summed E-state index contributed by atoms with van der Waals surface area (Å²) in [5.74, 6) is 2.47. The molecule has 1 aromatic carbocycles. The van der Waals surface area contributed by atoms with Crippen LogP contribution in [0.2, 0.25) is 0 Å². The van der Waals surface area contributed by atoms with Gasteiger partial charge in [0.1, 0.15) is 0 Å². The van der Waals surface area contributed by atoms with Gasteiger partial charge in [0.25, 0.3) is 0 Å². The maximum Gasteiger partial charge on any atom is 0.0415 e. The minimum absolute atomic E-state index is 0.629. The van der Waals surface area contributed by atoms with Crippen molar-refractivity contribution in [1.29, 1.82) is 0 Å². The molecule has 0 spiro atoms. The lowest BCUT2D eigenvalue weighted by Gasteiger charge is -2.36. The van der Waals surface area contributed by atoms with Crippen LogP contribution in [0, 0.1) is 0 Å². The molecule has 1 aliphatic rings. The van der Waals surface area contributed by atoms with E-state index in [0.717, 1.165) is 19.6 Å². The van der Waals surface area contributed by atoms with Gasteiger partial charge in [0.15, 0.2) is 0 Å². The fourth-order valence-electron chi connectivity index (χ4n) is 2.46. The predicted molar refractivity (Wildman–Crippen MR) is 90.3 cm³/mol. The van der Waals surface area contributed by atoms with Gasteiger partial charge >= 0.3 is 0 Å². The Morgan fingerprint density at radius 2 is 2.32 bits per heavy atom. The van der Waals surface area contributed by atoms with Gasteiger partial charge in [-0.05, 0) is 43.7 Å². The third kappa shape index (κ3) is 4.14. The summed E-state index contributed by atoms with van der Waals surface area (Å²) in [5, 5.41) is 3.52. The van der Waals surface area contributed by atoms with E-state index in [1.165, 1.54) is 33.7 Å². The van der Waals surface area contributed by atoms with Crippen LogP contribution in [0.5, 0.6) is 0 Å². The summed E-state index contributed by atoms with van der Waals surface area (Å²) >= 11 is 5.66. The van der Waals surface area contributed by atoms with Crippen molar-refractivity contribution in [3.8, 4) is 0 Å². The van der Waals surface area contributed by atoms with Crippen molar-refractivity contribution >= 4 is 33.4 Å². The van der Waals surface area contributed by atoms with E-state index in [0.29, 0.717) is 6.04 Å². The second kappa shape index (κ2) is 7.55. The Morgan fingerprint density at radius 3 is 3.05 bits per heavy atom. The molecule has 0 aliphatic carbocycles. The number of hydrogen-bond donors (Lipinski definition) is 1. The number of hydrogen-bond acceptors (Lipinski definition) is 3. The highest BCUT2D eigenvalue weighted by molar-refractivity contribution is 9.10. The van der Waals surface area contributed by atoms with Gasteiger partial charge in [0.05, 0.1) is 0 Å². The fraction of sp³-hybridized carbons (Fsp3) is 0.600. The van der Waals surface area contributed by atoms with Crippen molar-refractivity contribution in [2.24, 2.45) is 0 Å². The van der Waals surface area contributed by atoms with Gasteiger partial charge in [-0.3, -0.25) is 0 Å². The highest BCUT2D eigenvalue weighted by Crippen LogP contribution is 2.29. The Bertz CT molecular complexity index is 411. The van der Waals surface area contributed by atoms with Crippen LogP contribution in [0.4, 0.5) is 5.69 Å². The molecular formula is C15H23BrN2S. The largest absolute Gasteiger partial charge is 0.367 e. The quantitative estimate of drug-likeness (QED) is 0.817. The molecule has 1 unspecified atom stereocenters. The first-order chi connectivity index (χ1) is 9.22. The van der Waals surface area contributed by atoms with E-state index in [-0.39, 0.29) is 0 Å². The third-order valence-electron chi connectivity index (χ3n) is 3.46. The molecule has 4 heteroatoms. The third-order valence-corrected chi connectivity index (χ3v) is 5.14. The van der Waals surface area contributed by atoms with Crippen LogP contribution in [0.25, 0.3) is 0 Å². The Balaban J connectivity index is 2.17. The Hall–Kier alpha value is -0.190. The zero-order valence-corrected chi connectivity index (χ0v) is 14.2. The molecule has 106 valence electrons. The summed E-state index contributed by atoms with van der Waals surface area (Å²) in [6.45, 7) is 7.74. The number of benzene rings is 1. The fourth-order valence-corrected chi connectivity index (χ4v) is 3.88. The predicted octanol–water partition coefficient (Wildman–Crippen LogP) is 3.89. The topological polar surface area (TPSA) is 15.3 Å². The lowest BCUT2D eigenvalue weighted by Crippen LogP contribution is -2.41. The van der Waals surface area contributed by atoms with E-state index in [1.807, 2.05) is 0 Å². The summed E-state index contributed by atoms with van der Waals surface area (Å²) in [4.78, 5) is 2.56. The standard InChI is InChI=1S/C15H23BrN2S/c1-3-6-17-10-13-9-14(16)4-5-15(13)18-7-8-19-11-12(18)2/h4-5,9,12,17H,3,6-8,10-11H2,1-2H3. The van der Waals surface area contributed by atoms with Gasteiger partial charge in [-0.1, -0.05) is 22.9 Å². The van der Waals surface area contributed by atoms with Gasteiger partial charge in [0, 0.05) is 40.8 Å². The summed E-state index contributed by atoms with van der Waals surface area (Å²) in [5.41, 5.74) is 2.81. The van der Waals surface area contributed by atoms with E-state index >= 15 is 0 Å². The molecule has 1 aromatic rings. The van der Waals surface area contributed by atoms with Gasteiger partial charge in [0.2, 0.25) is 0 Å². The number of anilines is 1. The number of thioether (sulfide) groups is 1. The lowest BCUT2D eigenvalue weighted by atomic mass is 10.1. The second-order valence-electron chi connectivity index (χ2n) is 5.07. The maximum atomic E-state index is 3.59. The van der Waals surface area contributed by atoms with Gasteiger partial charge < -0.3 is 10.2 Å². The van der Waals surface area contributed by atoms with Gasteiger partial charge in [-0.25, -0.2) is 0 Å². The smallest absolute Gasteiger partial charge is 0.0415 e. The van der Waals surface area contributed by atoms with Crippen molar-refractivity contribution < 1.29 is 0 Å². The number of halogens is 1. The Morgan fingerprint density at radius 1 is 1.47 bits per heavy atom. The summed E-state index contributed by atoms with van der Waals surface area (Å²) < 4.78 is 1.17. The van der Waals surface area contributed by atoms with Crippen molar-refractivity contribution in [3.63, 3.8) is 0 Å². The minimum atomic E-state index is 0.629. The molecule has 1 heterocycles. The molecule has 0 bridgehead atoms. The summed E-state index contributed by atoms with van der Waals surface area (Å²) in [6.07, 6.45) is 1.18. The van der Waals surface area contributed by atoms with Crippen LogP contribution < -0.4 is 10.2 Å². The van der Waals surface area contributed by atoms with Crippen LogP contribution in [-0.4, -0.2) is 30.6 Å². The van der Waals surface area contributed by atoms with Crippen LogP contribution in [-0.2, 0) is 6.54 Å². The molecule has 1 aliphatic heterocycles. The lowest BCUT2D eigenvalue weighted by molar-refractivity contribution is 0.660. The average Bonchev–Trinajstić information content (AvgIpc) is 2.40.